The number of likely N-dealkylation sites (N-methyl/N-ethyl adjacent to an activating group) is 1. The zero-order chi connectivity index (χ0) is 21.1. The summed E-state index contributed by atoms with van der Waals surface area (Å²) in [6.07, 6.45) is 11.7. The van der Waals surface area contributed by atoms with Gasteiger partial charge in [0.2, 0.25) is 12.2 Å². The number of aliphatic imine (C=N–C) groups is 1. The molecule has 4 N–H and O–H groups in total. The third kappa shape index (κ3) is 4.23. The van der Waals surface area contributed by atoms with E-state index in [1.807, 2.05) is 36.3 Å². The molecule has 2 unspecified atom stereocenters. The second-order valence-corrected chi connectivity index (χ2v) is 8.14. The first-order valence-electron chi connectivity index (χ1n) is 10.9. The molecule has 3 aliphatic rings. The molecule has 0 bridgehead atoms. The van der Waals surface area contributed by atoms with Crippen LogP contribution in [0.2, 0.25) is 0 Å². The fourth-order valence-corrected chi connectivity index (χ4v) is 4.29. The minimum absolute atomic E-state index is 0.186. The maximum absolute atomic E-state index is 10.1. The molecule has 0 saturated carbocycles. The third-order valence-corrected chi connectivity index (χ3v) is 6.11. The molecule has 1 fully saturated rings. The van der Waals surface area contributed by atoms with Crippen molar-refractivity contribution in [3.8, 4) is 0 Å². The highest BCUT2D eigenvalue weighted by atomic mass is 16.3. The highest BCUT2D eigenvalue weighted by Crippen LogP contribution is 2.28. The molecular formula is C21H33N7O2. The van der Waals surface area contributed by atoms with Gasteiger partial charge >= 0.3 is 0 Å². The maximum Gasteiger partial charge on any atom is 0.203 e. The van der Waals surface area contributed by atoms with Crippen LogP contribution < -0.4 is 10.6 Å². The Hall–Kier alpha value is -2.36. The number of fused-ring (bicyclic) bond motifs is 1. The Bertz CT molecular complexity index is 829. The number of anilines is 1. The number of hydrogen-bond donors (Lipinski definition) is 4. The summed E-state index contributed by atoms with van der Waals surface area (Å²) in [5, 5.41) is 31.1. The Morgan fingerprint density at radius 3 is 2.97 bits per heavy atom. The average molecular weight is 416 g/mol. The van der Waals surface area contributed by atoms with Gasteiger partial charge in [-0.05, 0) is 49.8 Å². The molecule has 30 heavy (non-hydrogen) atoms. The summed E-state index contributed by atoms with van der Waals surface area (Å²) in [6.45, 7) is 3.82. The van der Waals surface area contributed by atoms with Gasteiger partial charge in [-0.25, -0.2) is 9.67 Å². The Morgan fingerprint density at radius 1 is 1.33 bits per heavy atom. The fourth-order valence-electron chi connectivity index (χ4n) is 4.29. The van der Waals surface area contributed by atoms with Gasteiger partial charge in [-0.3, -0.25) is 5.32 Å². The first-order valence-corrected chi connectivity index (χ1v) is 10.9. The lowest BCUT2D eigenvalue weighted by atomic mass is 10.00. The lowest BCUT2D eigenvalue weighted by Crippen LogP contribution is -2.50. The summed E-state index contributed by atoms with van der Waals surface area (Å²) >= 11 is 0. The lowest BCUT2D eigenvalue weighted by molar-refractivity contribution is 0.0960. The van der Waals surface area contributed by atoms with E-state index in [0.717, 1.165) is 55.1 Å². The zero-order valence-corrected chi connectivity index (χ0v) is 17.8. The number of guanidine groups is 1. The molecule has 4 heterocycles. The number of hydrogen-bond acceptors (Lipinski definition) is 8. The predicted octanol–water partition coefficient (Wildman–Crippen LogP) is 1.21. The van der Waals surface area contributed by atoms with Crippen molar-refractivity contribution in [2.45, 2.75) is 57.6 Å². The van der Waals surface area contributed by atoms with Crippen LogP contribution in [0.25, 0.3) is 0 Å². The predicted molar refractivity (Wildman–Crippen MR) is 117 cm³/mol. The van der Waals surface area contributed by atoms with Gasteiger partial charge in [-0.15, -0.1) is 0 Å². The van der Waals surface area contributed by atoms with Crippen molar-refractivity contribution in [1.29, 1.82) is 0 Å². The number of nitrogens with zero attached hydrogens (tertiary/aromatic N) is 5. The Morgan fingerprint density at radius 2 is 2.20 bits per heavy atom. The highest BCUT2D eigenvalue weighted by molar-refractivity contribution is 5.94. The van der Waals surface area contributed by atoms with Crippen LogP contribution in [-0.4, -0.2) is 74.8 Å². The van der Waals surface area contributed by atoms with Crippen molar-refractivity contribution in [3.05, 3.63) is 35.7 Å². The van der Waals surface area contributed by atoms with Crippen molar-refractivity contribution in [3.63, 3.8) is 0 Å². The van der Waals surface area contributed by atoms with Gasteiger partial charge in [0.25, 0.3) is 0 Å². The van der Waals surface area contributed by atoms with Crippen LogP contribution in [0.1, 0.15) is 44.5 Å². The summed E-state index contributed by atoms with van der Waals surface area (Å²) in [6, 6.07) is 0.296. The Balaban J connectivity index is 1.56. The van der Waals surface area contributed by atoms with Crippen molar-refractivity contribution >= 4 is 11.8 Å². The van der Waals surface area contributed by atoms with Gasteiger partial charge < -0.3 is 25.3 Å². The van der Waals surface area contributed by atoms with E-state index in [-0.39, 0.29) is 12.9 Å². The topological polar surface area (TPSA) is 101 Å². The third-order valence-electron chi connectivity index (χ3n) is 6.11. The number of aromatic nitrogens is 2. The van der Waals surface area contributed by atoms with Crippen LogP contribution in [0.3, 0.4) is 0 Å². The second kappa shape index (κ2) is 9.20. The van der Waals surface area contributed by atoms with Crippen molar-refractivity contribution in [2.75, 3.05) is 32.1 Å². The van der Waals surface area contributed by atoms with Gasteiger partial charge in [0.05, 0.1) is 6.20 Å². The summed E-state index contributed by atoms with van der Waals surface area (Å²) in [4.78, 5) is 9.02. The van der Waals surface area contributed by atoms with Gasteiger partial charge in [0.1, 0.15) is 12.0 Å². The number of aliphatic hydroxyl groups excluding tert-OH is 2. The van der Waals surface area contributed by atoms with E-state index in [1.54, 1.807) is 4.90 Å². The van der Waals surface area contributed by atoms with Crippen LogP contribution in [0, 0.1) is 0 Å². The first-order chi connectivity index (χ1) is 14.6. The molecule has 0 spiro atoms. The van der Waals surface area contributed by atoms with E-state index in [9.17, 15) is 10.2 Å². The Kier molecular flexibility index (Phi) is 6.40. The lowest BCUT2D eigenvalue weighted by Gasteiger charge is -2.40. The molecule has 9 heteroatoms. The van der Waals surface area contributed by atoms with E-state index in [0.29, 0.717) is 12.6 Å². The molecule has 1 aromatic rings. The quantitative estimate of drug-likeness (QED) is 0.554. The number of aliphatic hydroxyl groups is 2. The highest BCUT2D eigenvalue weighted by Gasteiger charge is 2.31. The standard InChI is InChI=1S/C21H33N7O2/c1-3-16-14-23-28-19(16)24-21(27-9-5-4-6-17(27)8-11-29)25-20(28)22-13-15-7-10-26(2)18(30)12-15/h7,10,12,14,17-18,20,22,29-30H,3-6,8-9,11,13H2,1-2H3,(H,24,25)/t17-,18?,20?/m0/s1. The molecule has 3 aliphatic heterocycles. The van der Waals surface area contributed by atoms with Gasteiger partial charge in [0, 0.05) is 44.5 Å². The van der Waals surface area contributed by atoms with E-state index < -0.39 is 6.23 Å². The van der Waals surface area contributed by atoms with Gasteiger partial charge in [0.15, 0.2) is 0 Å². The molecular weight excluding hydrogens is 382 g/mol. The second-order valence-electron chi connectivity index (χ2n) is 8.14. The number of aryl methyl sites for hydroxylation is 1. The van der Waals surface area contributed by atoms with Crippen LogP contribution in [0.4, 0.5) is 5.82 Å². The number of nitrogens with one attached hydrogen (secondary N) is 2. The summed E-state index contributed by atoms with van der Waals surface area (Å²) < 4.78 is 1.89. The van der Waals surface area contributed by atoms with E-state index in [2.05, 4.69) is 27.6 Å². The molecule has 0 amide bonds. The monoisotopic (exact) mass is 415 g/mol. The fraction of sp³-hybridized carbons (Fsp3) is 0.619. The van der Waals surface area contributed by atoms with E-state index in [1.165, 1.54) is 6.42 Å². The molecule has 1 aromatic heterocycles. The van der Waals surface area contributed by atoms with Gasteiger partial charge in [-0.1, -0.05) is 6.92 Å². The molecule has 0 radical (unpaired) electrons. The molecule has 1 saturated heterocycles. The van der Waals surface area contributed by atoms with Crippen LogP contribution in [-0.2, 0) is 6.42 Å². The summed E-state index contributed by atoms with van der Waals surface area (Å²) in [7, 11) is 1.84. The summed E-state index contributed by atoms with van der Waals surface area (Å²) in [5.41, 5.74) is 2.16. The molecule has 4 rings (SSSR count). The molecule has 0 aromatic carbocycles. The minimum atomic E-state index is -0.613. The van der Waals surface area contributed by atoms with E-state index in [4.69, 9.17) is 4.99 Å². The van der Waals surface area contributed by atoms with Crippen molar-refractivity contribution in [2.24, 2.45) is 4.99 Å². The minimum Gasteiger partial charge on any atom is -0.396 e. The maximum atomic E-state index is 10.1. The normalized spacial score (nSPS) is 26.2. The number of likely N-dealkylation sites (tertiary alicyclic amines) is 1. The zero-order valence-electron chi connectivity index (χ0n) is 17.8. The Labute approximate surface area is 177 Å². The largest absolute Gasteiger partial charge is 0.396 e. The summed E-state index contributed by atoms with van der Waals surface area (Å²) in [5.74, 6) is 1.82. The van der Waals surface area contributed by atoms with Crippen molar-refractivity contribution in [1.82, 2.24) is 24.9 Å². The first kappa shape index (κ1) is 20.9. The molecule has 0 aliphatic carbocycles. The van der Waals surface area contributed by atoms with E-state index >= 15 is 0 Å². The molecule has 9 nitrogen and oxygen atoms in total. The number of rotatable bonds is 6. The molecule has 164 valence electrons. The van der Waals surface area contributed by atoms with Crippen LogP contribution in [0.5, 0.6) is 0 Å². The van der Waals surface area contributed by atoms with Crippen LogP contribution >= 0.6 is 0 Å². The smallest absolute Gasteiger partial charge is 0.203 e. The van der Waals surface area contributed by atoms with Crippen molar-refractivity contribution < 1.29 is 10.2 Å². The van der Waals surface area contributed by atoms with Gasteiger partial charge in [-0.2, -0.15) is 5.10 Å². The van der Waals surface area contributed by atoms with Crippen LogP contribution in [0.15, 0.2) is 35.1 Å². The number of piperidine rings is 1. The average Bonchev–Trinajstić information content (AvgIpc) is 3.18. The SMILES string of the molecule is CCc1cnn2c1NC(N1CCCC[C@H]1CCO)=NC2NCC1=CC(O)N(C)C=C1. The molecule has 3 atom stereocenters.